The third-order valence-electron chi connectivity index (χ3n) is 5.36. The lowest BCUT2D eigenvalue weighted by Gasteiger charge is -2.20. The summed E-state index contributed by atoms with van der Waals surface area (Å²) in [6.07, 6.45) is 3.78. The fourth-order valence-corrected chi connectivity index (χ4v) is 4.42. The first kappa shape index (κ1) is 22.0. The smallest absolute Gasteiger partial charge is 0.260 e. The molecule has 0 saturated carbocycles. The summed E-state index contributed by atoms with van der Waals surface area (Å²) in [5.41, 5.74) is 4.69. The molecule has 1 amide bonds. The highest BCUT2D eigenvalue weighted by Crippen LogP contribution is 2.32. The number of aryl methyl sites for hydroxylation is 2. The Morgan fingerprint density at radius 1 is 1.06 bits per heavy atom. The summed E-state index contributed by atoms with van der Waals surface area (Å²) < 4.78 is 6.89. The van der Waals surface area contributed by atoms with E-state index in [4.69, 9.17) is 9.72 Å². The number of ether oxygens (including phenoxy) is 1. The van der Waals surface area contributed by atoms with Gasteiger partial charge < -0.3 is 4.74 Å². The third kappa shape index (κ3) is 4.97. The number of rotatable bonds is 8. The van der Waals surface area contributed by atoms with E-state index in [0.29, 0.717) is 29.6 Å². The van der Waals surface area contributed by atoms with Crippen LogP contribution in [0.2, 0.25) is 0 Å². The molecule has 4 rings (SSSR count). The highest BCUT2D eigenvalue weighted by Gasteiger charge is 2.23. The zero-order valence-corrected chi connectivity index (χ0v) is 19.5. The van der Waals surface area contributed by atoms with Crippen molar-refractivity contribution in [3.05, 3.63) is 83.2 Å². The molecular weight excluding hydrogens is 418 g/mol. The van der Waals surface area contributed by atoms with Crippen LogP contribution >= 0.6 is 11.3 Å². The summed E-state index contributed by atoms with van der Waals surface area (Å²) in [5, 5.41) is 0.665. The van der Waals surface area contributed by atoms with Crippen LogP contribution in [0.4, 0.5) is 5.13 Å². The molecule has 0 aliphatic carbocycles. The van der Waals surface area contributed by atoms with Gasteiger partial charge in [0, 0.05) is 11.8 Å². The van der Waals surface area contributed by atoms with Gasteiger partial charge in [-0.1, -0.05) is 36.8 Å². The second-order valence-corrected chi connectivity index (χ2v) is 8.85. The Morgan fingerprint density at radius 2 is 1.91 bits per heavy atom. The molecule has 0 aliphatic heterocycles. The van der Waals surface area contributed by atoms with Gasteiger partial charge >= 0.3 is 0 Å². The van der Waals surface area contributed by atoms with E-state index in [1.165, 1.54) is 22.5 Å². The second kappa shape index (κ2) is 9.92. The number of nitrogens with zero attached hydrogens (tertiary/aromatic N) is 3. The molecule has 164 valence electrons. The van der Waals surface area contributed by atoms with E-state index in [1.54, 1.807) is 11.1 Å². The van der Waals surface area contributed by atoms with E-state index >= 15 is 0 Å². The SMILES string of the molecule is CCCCOc1cccc(C(=O)N(Cc2ccccn2)c2nc3cc(C)c(C)cc3s2)c1. The minimum Gasteiger partial charge on any atom is -0.494 e. The lowest BCUT2D eigenvalue weighted by molar-refractivity contribution is 0.0984. The number of amides is 1. The molecule has 0 aliphatic rings. The molecule has 5 nitrogen and oxygen atoms in total. The number of hydrogen-bond donors (Lipinski definition) is 0. The van der Waals surface area contributed by atoms with Crippen molar-refractivity contribution in [2.24, 2.45) is 0 Å². The molecule has 2 aromatic heterocycles. The number of unbranched alkanes of at least 4 members (excludes halogenated alkanes) is 1. The normalized spacial score (nSPS) is 11.0. The summed E-state index contributed by atoms with van der Waals surface area (Å²) >= 11 is 1.53. The molecule has 0 unspecified atom stereocenters. The molecule has 0 fully saturated rings. The first-order valence-corrected chi connectivity index (χ1v) is 11.7. The van der Waals surface area contributed by atoms with Crippen LogP contribution in [0.25, 0.3) is 10.2 Å². The number of carbonyl (C=O) groups excluding carboxylic acids is 1. The Bertz CT molecular complexity index is 1180. The standard InChI is InChI=1S/C26H27N3O2S/c1-4-5-13-31-22-11-8-9-20(16-22)25(30)29(17-21-10-6-7-12-27-21)26-28-23-14-18(2)19(3)15-24(23)32-26/h6-12,14-16H,4-5,13,17H2,1-3H3. The predicted octanol–water partition coefficient (Wildman–Crippen LogP) is 6.33. The number of hydrogen-bond acceptors (Lipinski definition) is 5. The van der Waals surface area contributed by atoms with Gasteiger partial charge in [0.15, 0.2) is 5.13 Å². The third-order valence-corrected chi connectivity index (χ3v) is 6.40. The first-order chi connectivity index (χ1) is 15.5. The summed E-state index contributed by atoms with van der Waals surface area (Å²) in [6, 6.07) is 17.3. The van der Waals surface area contributed by atoms with Gasteiger partial charge in [-0.05, 0) is 73.9 Å². The molecule has 0 atom stereocenters. The van der Waals surface area contributed by atoms with Gasteiger partial charge in [-0.3, -0.25) is 14.7 Å². The number of benzene rings is 2. The Morgan fingerprint density at radius 3 is 2.69 bits per heavy atom. The number of fused-ring (bicyclic) bond motifs is 1. The largest absolute Gasteiger partial charge is 0.494 e. The maximum atomic E-state index is 13.7. The number of carbonyl (C=O) groups is 1. The molecule has 2 aromatic carbocycles. The number of aromatic nitrogens is 2. The minimum atomic E-state index is -0.121. The maximum absolute atomic E-state index is 13.7. The van der Waals surface area contributed by atoms with Gasteiger partial charge in [0.25, 0.3) is 5.91 Å². The van der Waals surface area contributed by atoms with E-state index < -0.39 is 0 Å². The molecule has 4 aromatic rings. The number of pyridine rings is 1. The Labute approximate surface area is 192 Å². The van der Waals surface area contributed by atoms with Crippen molar-refractivity contribution < 1.29 is 9.53 Å². The summed E-state index contributed by atoms with van der Waals surface area (Å²) in [5.74, 6) is 0.585. The van der Waals surface area contributed by atoms with Crippen LogP contribution < -0.4 is 9.64 Å². The second-order valence-electron chi connectivity index (χ2n) is 7.84. The molecule has 2 heterocycles. The molecule has 0 spiro atoms. The fourth-order valence-electron chi connectivity index (χ4n) is 3.37. The lowest BCUT2D eigenvalue weighted by Crippen LogP contribution is -2.30. The van der Waals surface area contributed by atoms with Crippen LogP contribution in [0.1, 0.15) is 46.9 Å². The van der Waals surface area contributed by atoms with Crippen molar-refractivity contribution in [1.29, 1.82) is 0 Å². The van der Waals surface area contributed by atoms with E-state index in [-0.39, 0.29) is 5.91 Å². The van der Waals surface area contributed by atoms with Crippen LogP contribution in [0.5, 0.6) is 5.75 Å². The van der Waals surface area contributed by atoms with Crippen LogP contribution in [0, 0.1) is 13.8 Å². The topological polar surface area (TPSA) is 55.3 Å². The first-order valence-electron chi connectivity index (χ1n) is 10.9. The Balaban J connectivity index is 1.70. The number of thiazole rings is 1. The highest BCUT2D eigenvalue weighted by atomic mass is 32.1. The average molecular weight is 446 g/mol. The zero-order chi connectivity index (χ0) is 22.5. The molecule has 0 bridgehead atoms. The summed E-state index contributed by atoms with van der Waals surface area (Å²) in [6.45, 7) is 7.28. The Kier molecular flexibility index (Phi) is 6.81. The van der Waals surface area contributed by atoms with E-state index in [1.807, 2.05) is 42.5 Å². The van der Waals surface area contributed by atoms with Gasteiger partial charge in [-0.2, -0.15) is 0 Å². The Hall–Kier alpha value is -3.25. The summed E-state index contributed by atoms with van der Waals surface area (Å²) in [7, 11) is 0. The molecular formula is C26H27N3O2S. The average Bonchev–Trinajstić information content (AvgIpc) is 3.20. The highest BCUT2D eigenvalue weighted by molar-refractivity contribution is 7.22. The lowest BCUT2D eigenvalue weighted by atomic mass is 10.1. The monoisotopic (exact) mass is 445 g/mol. The predicted molar refractivity (Wildman–Crippen MR) is 131 cm³/mol. The van der Waals surface area contributed by atoms with E-state index in [9.17, 15) is 4.79 Å². The van der Waals surface area contributed by atoms with Crippen molar-refractivity contribution in [2.75, 3.05) is 11.5 Å². The molecule has 32 heavy (non-hydrogen) atoms. The maximum Gasteiger partial charge on any atom is 0.260 e. The van der Waals surface area contributed by atoms with E-state index in [0.717, 1.165) is 28.8 Å². The van der Waals surface area contributed by atoms with Crippen LogP contribution in [-0.4, -0.2) is 22.5 Å². The molecule has 6 heteroatoms. The van der Waals surface area contributed by atoms with Crippen LogP contribution in [-0.2, 0) is 6.54 Å². The van der Waals surface area contributed by atoms with Crippen molar-refractivity contribution in [2.45, 2.75) is 40.2 Å². The fraction of sp³-hybridized carbons (Fsp3) is 0.269. The quantitative estimate of drug-likeness (QED) is 0.297. The van der Waals surface area contributed by atoms with Gasteiger partial charge in [0.2, 0.25) is 0 Å². The van der Waals surface area contributed by atoms with E-state index in [2.05, 4.69) is 37.9 Å². The van der Waals surface area contributed by atoms with Crippen LogP contribution in [0.3, 0.4) is 0 Å². The molecule has 0 N–H and O–H groups in total. The number of anilines is 1. The van der Waals surface area contributed by atoms with Crippen molar-refractivity contribution in [3.8, 4) is 5.75 Å². The van der Waals surface area contributed by atoms with Gasteiger partial charge in [0.1, 0.15) is 5.75 Å². The minimum absolute atomic E-state index is 0.121. The van der Waals surface area contributed by atoms with Crippen LogP contribution in [0.15, 0.2) is 60.8 Å². The molecule has 0 radical (unpaired) electrons. The van der Waals surface area contributed by atoms with Crippen molar-refractivity contribution in [1.82, 2.24) is 9.97 Å². The van der Waals surface area contributed by atoms with Crippen molar-refractivity contribution in [3.63, 3.8) is 0 Å². The molecule has 0 saturated heterocycles. The van der Waals surface area contributed by atoms with Gasteiger partial charge in [-0.15, -0.1) is 0 Å². The van der Waals surface area contributed by atoms with Crippen molar-refractivity contribution >= 4 is 32.6 Å². The van der Waals surface area contributed by atoms with Gasteiger partial charge in [0.05, 0.1) is 29.1 Å². The van der Waals surface area contributed by atoms with Gasteiger partial charge in [-0.25, -0.2) is 4.98 Å². The summed E-state index contributed by atoms with van der Waals surface area (Å²) in [4.78, 5) is 24.6. The zero-order valence-electron chi connectivity index (χ0n) is 18.7.